The van der Waals surface area contributed by atoms with Gasteiger partial charge in [-0.15, -0.1) is 0 Å². The van der Waals surface area contributed by atoms with Crippen molar-refractivity contribution in [1.82, 2.24) is 5.32 Å². The summed E-state index contributed by atoms with van der Waals surface area (Å²) in [6.07, 6.45) is 1.30. The third-order valence-corrected chi connectivity index (χ3v) is 3.18. The summed E-state index contributed by atoms with van der Waals surface area (Å²) in [7, 11) is 0. The lowest BCUT2D eigenvalue weighted by Gasteiger charge is -2.25. The number of phenolic OH excluding ortho intramolecular Hbond substituents is 1. The number of ether oxygens (including phenoxy) is 2. The van der Waals surface area contributed by atoms with E-state index in [1.807, 2.05) is 0 Å². The minimum absolute atomic E-state index is 0.0715. The van der Waals surface area contributed by atoms with Crippen molar-refractivity contribution in [1.29, 1.82) is 0 Å². The van der Waals surface area contributed by atoms with Gasteiger partial charge in [0, 0.05) is 6.07 Å². The first kappa shape index (κ1) is 16.4. The number of rotatable bonds is 3. The van der Waals surface area contributed by atoms with E-state index in [0.717, 1.165) is 25.9 Å². The van der Waals surface area contributed by atoms with Crippen molar-refractivity contribution >= 4 is 11.8 Å². The molecule has 6 heteroatoms. The number of anilines is 1. The molecular formula is C16H24N2O4. The lowest BCUT2D eigenvalue weighted by Crippen LogP contribution is -2.34. The summed E-state index contributed by atoms with van der Waals surface area (Å²) in [5.74, 6) is 0.552. The molecule has 2 rings (SSSR count). The molecule has 0 unspecified atom stereocenters. The Morgan fingerprint density at radius 2 is 2.00 bits per heavy atom. The molecule has 0 saturated carbocycles. The maximum Gasteiger partial charge on any atom is 0.412 e. The van der Waals surface area contributed by atoms with Gasteiger partial charge in [0.15, 0.2) is 0 Å². The van der Waals surface area contributed by atoms with Gasteiger partial charge in [-0.2, -0.15) is 0 Å². The van der Waals surface area contributed by atoms with Gasteiger partial charge in [-0.05, 0) is 58.8 Å². The Hall–Kier alpha value is -1.95. The lowest BCUT2D eigenvalue weighted by atomic mass is 10.1. The summed E-state index contributed by atoms with van der Waals surface area (Å²) < 4.78 is 11.2. The number of carbonyl (C=O) groups excluding carboxylic acids is 1. The second kappa shape index (κ2) is 6.87. The molecule has 0 aromatic heterocycles. The topological polar surface area (TPSA) is 79.8 Å². The monoisotopic (exact) mass is 308 g/mol. The summed E-state index contributed by atoms with van der Waals surface area (Å²) in [6.45, 7) is 7.21. The van der Waals surface area contributed by atoms with Crippen LogP contribution in [0.3, 0.4) is 0 Å². The number of hydrogen-bond acceptors (Lipinski definition) is 5. The standard InChI is InChI=1S/C16H24N2O4/c1-16(2,3)22-15(20)18-13-5-4-11(19)10-14(13)21-12-6-8-17-9-7-12/h4-5,10,12,17,19H,6-9H2,1-3H3,(H,18,20). The minimum atomic E-state index is -0.572. The van der Waals surface area contributed by atoms with Gasteiger partial charge in [0.1, 0.15) is 23.2 Å². The van der Waals surface area contributed by atoms with Crippen molar-refractivity contribution in [2.24, 2.45) is 0 Å². The fourth-order valence-electron chi connectivity index (χ4n) is 2.22. The molecule has 1 saturated heterocycles. The highest BCUT2D eigenvalue weighted by Gasteiger charge is 2.20. The quantitative estimate of drug-likeness (QED) is 0.748. The molecule has 1 amide bonds. The van der Waals surface area contributed by atoms with Gasteiger partial charge in [-0.25, -0.2) is 4.79 Å². The van der Waals surface area contributed by atoms with Crippen LogP contribution in [-0.2, 0) is 4.74 Å². The van der Waals surface area contributed by atoms with Gasteiger partial charge in [0.2, 0.25) is 0 Å². The number of aromatic hydroxyl groups is 1. The Balaban J connectivity index is 2.08. The van der Waals surface area contributed by atoms with Crippen molar-refractivity contribution in [3.8, 4) is 11.5 Å². The number of benzene rings is 1. The van der Waals surface area contributed by atoms with E-state index in [4.69, 9.17) is 9.47 Å². The molecule has 1 aromatic carbocycles. The van der Waals surface area contributed by atoms with E-state index in [0.29, 0.717) is 11.4 Å². The summed E-state index contributed by atoms with van der Waals surface area (Å²) in [5, 5.41) is 15.6. The van der Waals surface area contributed by atoms with Crippen LogP contribution in [0.5, 0.6) is 11.5 Å². The second-order valence-corrected chi connectivity index (χ2v) is 6.37. The SMILES string of the molecule is CC(C)(C)OC(=O)Nc1ccc(O)cc1OC1CCNCC1. The molecule has 1 heterocycles. The lowest BCUT2D eigenvalue weighted by molar-refractivity contribution is 0.0634. The van der Waals surface area contributed by atoms with E-state index in [1.54, 1.807) is 26.8 Å². The first-order valence-electron chi connectivity index (χ1n) is 7.54. The van der Waals surface area contributed by atoms with E-state index in [-0.39, 0.29) is 11.9 Å². The third kappa shape index (κ3) is 5.11. The largest absolute Gasteiger partial charge is 0.508 e. The molecule has 0 atom stereocenters. The zero-order chi connectivity index (χ0) is 16.2. The van der Waals surface area contributed by atoms with Crippen molar-refractivity contribution in [3.05, 3.63) is 18.2 Å². The van der Waals surface area contributed by atoms with Crippen molar-refractivity contribution in [2.45, 2.75) is 45.3 Å². The molecule has 1 aromatic rings. The number of nitrogens with one attached hydrogen (secondary N) is 2. The fourth-order valence-corrected chi connectivity index (χ4v) is 2.22. The fraction of sp³-hybridized carbons (Fsp3) is 0.562. The van der Waals surface area contributed by atoms with E-state index < -0.39 is 11.7 Å². The molecule has 1 fully saturated rings. The minimum Gasteiger partial charge on any atom is -0.508 e. The van der Waals surface area contributed by atoms with E-state index in [9.17, 15) is 9.90 Å². The van der Waals surface area contributed by atoms with Gasteiger partial charge >= 0.3 is 6.09 Å². The molecular weight excluding hydrogens is 284 g/mol. The Labute approximate surface area is 130 Å². The second-order valence-electron chi connectivity index (χ2n) is 6.37. The molecule has 0 radical (unpaired) electrons. The van der Waals surface area contributed by atoms with Gasteiger partial charge in [0.25, 0.3) is 0 Å². The summed E-state index contributed by atoms with van der Waals surface area (Å²) >= 11 is 0. The maximum atomic E-state index is 11.9. The Morgan fingerprint density at radius 1 is 1.32 bits per heavy atom. The third-order valence-electron chi connectivity index (χ3n) is 3.18. The summed E-state index contributed by atoms with van der Waals surface area (Å²) in [4.78, 5) is 11.9. The predicted octanol–water partition coefficient (Wildman–Crippen LogP) is 2.87. The highest BCUT2D eigenvalue weighted by Crippen LogP contribution is 2.31. The molecule has 0 aliphatic carbocycles. The van der Waals surface area contributed by atoms with Crippen LogP contribution < -0.4 is 15.4 Å². The zero-order valence-corrected chi connectivity index (χ0v) is 13.3. The van der Waals surface area contributed by atoms with Crippen LogP contribution in [0.2, 0.25) is 0 Å². The van der Waals surface area contributed by atoms with E-state index in [1.165, 1.54) is 12.1 Å². The van der Waals surface area contributed by atoms with Crippen molar-refractivity contribution in [3.63, 3.8) is 0 Å². The van der Waals surface area contributed by atoms with Crippen molar-refractivity contribution in [2.75, 3.05) is 18.4 Å². The maximum absolute atomic E-state index is 11.9. The average Bonchev–Trinajstić information content (AvgIpc) is 2.41. The average molecular weight is 308 g/mol. The first-order valence-corrected chi connectivity index (χ1v) is 7.54. The smallest absolute Gasteiger partial charge is 0.412 e. The summed E-state index contributed by atoms with van der Waals surface area (Å²) in [5.41, 5.74) is -0.0811. The predicted molar refractivity (Wildman–Crippen MR) is 84.5 cm³/mol. The van der Waals surface area contributed by atoms with Crippen LogP contribution in [0.25, 0.3) is 0 Å². The van der Waals surface area contributed by atoms with E-state index >= 15 is 0 Å². The van der Waals surface area contributed by atoms with Crippen LogP contribution >= 0.6 is 0 Å². The van der Waals surface area contributed by atoms with Crippen LogP contribution in [0.4, 0.5) is 10.5 Å². The van der Waals surface area contributed by atoms with Gasteiger partial charge < -0.3 is 19.9 Å². The molecule has 0 spiro atoms. The Morgan fingerprint density at radius 3 is 2.64 bits per heavy atom. The molecule has 0 bridgehead atoms. The summed E-state index contributed by atoms with van der Waals surface area (Å²) in [6, 6.07) is 4.62. The molecule has 122 valence electrons. The molecule has 22 heavy (non-hydrogen) atoms. The Kier molecular flexibility index (Phi) is 5.13. The van der Waals surface area contributed by atoms with Crippen LogP contribution in [0.15, 0.2) is 18.2 Å². The van der Waals surface area contributed by atoms with Gasteiger partial charge in [0.05, 0.1) is 5.69 Å². The molecule has 3 N–H and O–H groups in total. The molecule has 1 aliphatic heterocycles. The number of amides is 1. The number of piperidine rings is 1. The number of phenols is 1. The zero-order valence-electron chi connectivity index (χ0n) is 13.3. The highest BCUT2D eigenvalue weighted by molar-refractivity contribution is 5.87. The number of hydrogen-bond donors (Lipinski definition) is 3. The number of carbonyl (C=O) groups is 1. The van der Waals surface area contributed by atoms with Crippen LogP contribution in [-0.4, -0.2) is 36.0 Å². The molecule has 1 aliphatic rings. The van der Waals surface area contributed by atoms with Crippen molar-refractivity contribution < 1.29 is 19.4 Å². The normalized spacial score (nSPS) is 16.1. The van der Waals surface area contributed by atoms with Gasteiger partial charge in [-0.1, -0.05) is 0 Å². The van der Waals surface area contributed by atoms with Crippen LogP contribution in [0.1, 0.15) is 33.6 Å². The highest BCUT2D eigenvalue weighted by atomic mass is 16.6. The van der Waals surface area contributed by atoms with E-state index in [2.05, 4.69) is 10.6 Å². The Bertz CT molecular complexity index is 519. The van der Waals surface area contributed by atoms with Crippen LogP contribution in [0, 0.1) is 0 Å². The van der Waals surface area contributed by atoms with Gasteiger partial charge in [-0.3, -0.25) is 5.32 Å². The first-order chi connectivity index (χ1) is 10.3. The molecule has 6 nitrogen and oxygen atoms in total.